The lowest BCUT2D eigenvalue weighted by atomic mass is 9.80. The van der Waals surface area contributed by atoms with Crippen molar-refractivity contribution in [1.29, 1.82) is 0 Å². The lowest BCUT2D eigenvalue weighted by molar-refractivity contribution is -0.162. The number of fused-ring (bicyclic) bond motifs is 5. The van der Waals surface area contributed by atoms with E-state index in [9.17, 15) is 38.7 Å². The summed E-state index contributed by atoms with van der Waals surface area (Å²) in [4.78, 5) is 97.5. The number of anilines is 1. The van der Waals surface area contributed by atoms with E-state index in [0.29, 0.717) is 24.4 Å². The average molecular weight is 988 g/mol. The van der Waals surface area contributed by atoms with Crippen molar-refractivity contribution in [2.45, 2.75) is 146 Å². The van der Waals surface area contributed by atoms with Gasteiger partial charge in [-0.1, -0.05) is 49.2 Å². The third-order valence-corrected chi connectivity index (χ3v) is 16.0. The standard InChI is InChI=1S/C49H67ClN4O13S/c1-10-33(52(6)40(56)18-19-68-37-23-42(58)54(45(37)59)26-30-14-16-32(17-15-30)29(4)55)46(60)66-39-24-41(57)53(7)34-21-31(22-35(63-8)43(34)50)20-27(2)12-11-13-38(64-9)49(62)25-36(65-47(61)51-49)28(3)44-48(39,5)67-44/h11-13,21-22,28,30,32-33,36-39,44,62H,10,14-20,23-26H2,1-9H3,(H,51,61)/b13-11+,27-12+/t28-,30-,32-,33+,36+,37+,38-,39+,44+,48+,49+/m1/s1. The van der Waals surface area contributed by atoms with E-state index in [0.717, 1.165) is 36.8 Å². The van der Waals surface area contributed by atoms with E-state index in [-0.39, 0.29) is 78.2 Å². The number of carbonyl (C=O) groups excluding carboxylic acids is 7. The molecule has 0 unspecified atom stereocenters. The fourth-order valence-corrected chi connectivity index (χ4v) is 11.5. The summed E-state index contributed by atoms with van der Waals surface area (Å²) < 4.78 is 29.6. The number of Topliss-reactive ketones (excluding diaryl/α,β-unsaturated/α-hetero) is 1. The number of allylic oxidation sites excluding steroid dienone is 3. The number of alkyl carbamates (subject to hydrolysis) is 1. The second-order valence-electron chi connectivity index (χ2n) is 19.1. The maximum Gasteiger partial charge on any atom is 0.409 e. The number of nitrogens with one attached hydrogen (secondary N) is 1. The van der Waals surface area contributed by atoms with Crippen LogP contribution in [0.15, 0.2) is 35.9 Å². The van der Waals surface area contributed by atoms with Crippen LogP contribution < -0.4 is 15.0 Å². The minimum Gasteiger partial charge on any atom is -0.495 e. The number of nitrogens with zero attached hydrogens (tertiary/aromatic N) is 3. The van der Waals surface area contributed by atoms with E-state index in [1.165, 1.54) is 47.7 Å². The summed E-state index contributed by atoms with van der Waals surface area (Å²) in [6.45, 7) is 9.06. The molecule has 0 spiro atoms. The van der Waals surface area contributed by atoms with Gasteiger partial charge in [0.25, 0.3) is 0 Å². The largest absolute Gasteiger partial charge is 0.495 e. The van der Waals surface area contributed by atoms with E-state index in [2.05, 4.69) is 5.32 Å². The maximum atomic E-state index is 14.4. The van der Waals surface area contributed by atoms with E-state index < -0.39 is 70.9 Å². The lowest BCUT2D eigenvalue weighted by Gasteiger charge is -2.42. The summed E-state index contributed by atoms with van der Waals surface area (Å²) in [5.74, 6) is -1.78. The molecule has 6 rings (SSSR count). The van der Waals surface area contributed by atoms with Gasteiger partial charge < -0.3 is 38.6 Å². The van der Waals surface area contributed by atoms with Gasteiger partial charge in [0.2, 0.25) is 23.6 Å². The molecule has 4 bridgehead atoms. The zero-order valence-corrected chi connectivity index (χ0v) is 42.1. The second kappa shape index (κ2) is 22.1. The van der Waals surface area contributed by atoms with Crippen molar-refractivity contribution in [3.05, 3.63) is 46.5 Å². The number of likely N-dealkylation sites (tertiary alicyclic amines) is 1. The van der Waals surface area contributed by atoms with Gasteiger partial charge in [0.1, 0.15) is 46.5 Å². The Morgan fingerprint density at radius 2 is 1.79 bits per heavy atom. The SMILES string of the molecule is CC[C@@H](C(=O)O[C@H]1CC(=O)N(C)c2cc(cc(OC)c2Cl)C/C(C)=C/C=C/[C@@H](OC)[C@@]2(O)C[C@H](OC(=O)N2)[C@@H](C)[C@@H]2O[C@@]12C)N(C)C(=O)CCS[C@H]1CC(=O)N(C[C@H]2CC[C@H](C(C)=O)CC2)C1=O. The number of aliphatic hydroxyl groups is 1. The number of hydrogen-bond donors (Lipinski definition) is 2. The van der Waals surface area contributed by atoms with Crippen LogP contribution in [-0.2, 0) is 54.1 Å². The minimum absolute atomic E-state index is 0.0231. The minimum atomic E-state index is -1.87. The first-order valence-corrected chi connectivity index (χ1v) is 24.9. The maximum absolute atomic E-state index is 14.4. The number of carbonyl (C=O) groups is 7. The van der Waals surface area contributed by atoms with Gasteiger partial charge in [-0.05, 0) is 82.9 Å². The fraction of sp³-hybridized carbons (Fsp3) is 0.653. The first kappa shape index (κ1) is 52.9. The van der Waals surface area contributed by atoms with Crippen LogP contribution in [0.1, 0.15) is 98.0 Å². The smallest absolute Gasteiger partial charge is 0.409 e. The topological polar surface area (TPSA) is 211 Å². The summed E-state index contributed by atoms with van der Waals surface area (Å²) in [5.41, 5.74) is -1.12. The Kier molecular flexibility index (Phi) is 17.2. The quantitative estimate of drug-likeness (QED) is 0.141. The highest BCUT2D eigenvalue weighted by Gasteiger charge is 2.64. The molecule has 374 valence electrons. The third-order valence-electron chi connectivity index (χ3n) is 14.4. The molecule has 68 heavy (non-hydrogen) atoms. The molecule has 4 heterocycles. The van der Waals surface area contributed by atoms with Crippen molar-refractivity contribution in [3.63, 3.8) is 0 Å². The lowest BCUT2D eigenvalue weighted by Crippen LogP contribution is -2.63. The molecule has 19 heteroatoms. The molecule has 0 radical (unpaired) electrons. The number of amides is 5. The number of thioether (sulfide) groups is 1. The zero-order chi connectivity index (χ0) is 49.8. The number of esters is 1. The highest BCUT2D eigenvalue weighted by molar-refractivity contribution is 8.00. The van der Waals surface area contributed by atoms with E-state index in [4.69, 9.17) is 35.3 Å². The van der Waals surface area contributed by atoms with Gasteiger partial charge >= 0.3 is 12.1 Å². The molecular formula is C49H67ClN4O13S. The first-order chi connectivity index (χ1) is 32.1. The fourth-order valence-electron chi connectivity index (χ4n) is 10.0. The molecule has 2 N–H and O–H groups in total. The van der Waals surface area contributed by atoms with Gasteiger partial charge in [-0.25, -0.2) is 9.59 Å². The molecule has 4 aliphatic heterocycles. The summed E-state index contributed by atoms with van der Waals surface area (Å²) in [6.07, 6.45) is 3.79. The van der Waals surface area contributed by atoms with Gasteiger partial charge in [-0.2, -0.15) is 0 Å². The number of benzene rings is 1. The Morgan fingerprint density at radius 1 is 1.09 bits per heavy atom. The molecule has 5 aliphatic rings. The number of ketones is 1. The van der Waals surface area contributed by atoms with Crippen LogP contribution in [0.25, 0.3) is 0 Å². The van der Waals surface area contributed by atoms with E-state index in [1.54, 1.807) is 59.0 Å². The molecule has 4 fully saturated rings. The monoisotopic (exact) mass is 986 g/mol. The van der Waals surface area contributed by atoms with Gasteiger partial charge in [0.15, 0.2) is 5.72 Å². The van der Waals surface area contributed by atoms with Gasteiger partial charge in [0.05, 0.1) is 30.6 Å². The van der Waals surface area contributed by atoms with Gasteiger partial charge in [-0.3, -0.25) is 34.2 Å². The normalized spacial score (nSPS) is 32.8. The number of imide groups is 1. The summed E-state index contributed by atoms with van der Waals surface area (Å²) in [7, 11) is 5.95. The zero-order valence-electron chi connectivity index (χ0n) is 40.5. The van der Waals surface area contributed by atoms with Crippen molar-refractivity contribution in [3.8, 4) is 5.75 Å². The highest BCUT2D eigenvalue weighted by atomic mass is 35.5. The Labute approximate surface area is 407 Å². The third kappa shape index (κ3) is 11.7. The molecule has 1 aliphatic carbocycles. The molecule has 0 aromatic heterocycles. The molecule has 17 nitrogen and oxygen atoms in total. The van der Waals surface area contributed by atoms with Gasteiger partial charge in [0, 0.05) is 64.6 Å². The summed E-state index contributed by atoms with van der Waals surface area (Å²) >= 11 is 8.06. The molecule has 1 aromatic carbocycles. The number of rotatable bonds is 13. The van der Waals surface area contributed by atoms with Crippen LogP contribution in [0.5, 0.6) is 5.75 Å². The molecule has 1 aromatic rings. The average Bonchev–Trinajstić information content (AvgIpc) is 3.92. The van der Waals surface area contributed by atoms with Crippen LogP contribution in [0, 0.1) is 17.8 Å². The number of ether oxygens (including phenoxy) is 5. The number of hydrogen-bond acceptors (Lipinski definition) is 14. The van der Waals surface area contributed by atoms with Crippen LogP contribution in [0.3, 0.4) is 0 Å². The Hall–Kier alpha value is -4.49. The predicted molar refractivity (Wildman–Crippen MR) is 254 cm³/mol. The summed E-state index contributed by atoms with van der Waals surface area (Å²) in [5, 5.41) is 14.0. The number of likely N-dealkylation sites (N-methyl/N-ethyl adjacent to an activating group) is 1. The molecular weight excluding hydrogens is 920 g/mol. The van der Waals surface area contributed by atoms with Crippen molar-refractivity contribution in [2.24, 2.45) is 17.8 Å². The van der Waals surface area contributed by atoms with Crippen molar-refractivity contribution in [2.75, 3.05) is 45.5 Å². The van der Waals surface area contributed by atoms with E-state index in [1.807, 2.05) is 13.0 Å². The highest BCUT2D eigenvalue weighted by Crippen LogP contribution is 2.49. The molecule has 3 saturated heterocycles. The Balaban J connectivity index is 1.18. The van der Waals surface area contributed by atoms with Gasteiger partial charge in [-0.15, -0.1) is 11.8 Å². The first-order valence-electron chi connectivity index (χ1n) is 23.5. The molecule has 5 amide bonds. The van der Waals surface area contributed by atoms with Crippen molar-refractivity contribution >= 4 is 70.5 Å². The number of epoxide rings is 1. The van der Waals surface area contributed by atoms with Crippen molar-refractivity contribution in [1.82, 2.24) is 15.1 Å². The van der Waals surface area contributed by atoms with Crippen molar-refractivity contribution < 1.29 is 62.4 Å². The van der Waals surface area contributed by atoms with Crippen LogP contribution in [-0.4, -0.2) is 144 Å². The molecule has 9 atom stereocenters. The Bertz CT molecular complexity index is 2180. The van der Waals surface area contributed by atoms with Crippen LogP contribution in [0.2, 0.25) is 5.02 Å². The summed E-state index contributed by atoms with van der Waals surface area (Å²) in [6, 6.07) is 2.49. The number of halogens is 1. The van der Waals surface area contributed by atoms with Crippen LogP contribution in [0.4, 0.5) is 10.5 Å². The number of methoxy groups -OCH3 is 2. The predicted octanol–water partition coefficient (Wildman–Crippen LogP) is 5.55. The Morgan fingerprint density at radius 3 is 2.44 bits per heavy atom. The van der Waals surface area contributed by atoms with Crippen LogP contribution >= 0.6 is 23.4 Å². The molecule has 1 saturated carbocycles. The second-order valence-corrected chi connectivity index (χ2v) is 20.8. The van der Waals surface area contributed by atoms with E-state index >= 15 is 0 Å².